The minimum Gasteiger partial charge on any atom is -0.458 e. The number of aliphatic hydroxyl groups excluding tert-OH is 26. The number of carbonyl (C=O) groups is 3. The van der Waals surface area contributed by atoms with Crippen molar-refractivity contribution >= 4 is 17.9 Å². The summed E-state index contributed by atoms with van der Waals surface area (Å²) in [5.74, 6) is -4.82. The molecule has 0 aromatic carbocycles. The average molecular weight is 2160 g/mol. The van der Waals surface area contributed by atoms with Crippen molar-refractivity contribution in [3.8, 4) is 0 Å². The maximum absolute atomic E-state index is 16.9. The first kappa shape index (κ1) is 121. The molecular formula is C101H160O49. The van der Waals surface area contributed by atoms with Gasteiger partial charge in [-0.3, -0.25) is 4.79 Å². The fraction of sp³-hybridized carbons (Fsp3) is 0.871. The molecule has 14 aliphatic rings. The lowest BCUT2D eigenvalue weighted by atomic mass is 9.33. The van der Waals surface area contributed by atoms with Gasteiger partial charge in [-0.1, -0.05) is 84.4 Å². The molecule has 14 rings (SSSR count). The Morgan fingerprint density at radius 2 is 0.893 bits per heavy atom. The molecule has 0 aromatic rings. The fourth-order valence-corrected chi connectivity index (χ4v) is 25.4. The van der Waals surface area contributed by atoms with Gasteiger partial charge in [0.05, 0.1) is 93.5 Å². The Balaban J connectivity index is 0.732. The van der Waals surface area contributed by atoms with Crippen LogP contribution in [0.25, 0.3) is 0 Å². The molecule has 0 amide bonds. The van der Waals surface area contributed by atoms with Gasteiger partial charge in [-0.25, -0.2) is 9.59 Å². The van der Waals surface area contributed by atoms with Crippen molar-refractivity contribution < 1.29 is 242 Å². The second-order valence-corrected chi connectivity index (χ2v) is 45.7. The van der Waals surface area contributed by atoms with Gasteiger partial charge in [0.15, 0.2) is 62.5 Å². The molecular weight excluding hydrogens is 2000 g/mol. The molecule has 54 atom stereocenters. The van der Waals surface area contributed by atoms with Gasteiger partial charge in [-0.2, -0.15) is 0 Å². The summed E-state index contributed by atoms with van der Waals surface area (Å²) in [4.78, 5) is 46.1. The number of hydrogen-bond donors (Lipinski definition) is 26. The summed E-state index contributed by atoms with van der Waals surface area (Å²) < 4.78 is 122. The SMILES string of the molecule is C=C[C@@](C)(CC/C=C(\C)C(=O)O[C@H]1[C@H](O[C@](C)(C=C)CC/C=C(\CO)C(=O)O[C@H]2C[C@]3(C(=O)O[C@@H]4O[C@H](CO)[C@@H](O)[C@H](O)[C@H]4O[C@@H]4O[C@@H](C)[C@H](O[C@@H]5O[C@@H](CO)[C@H](O)[C@H]5O)[C@@H](O[C@@H]5O[C@H](CO)[C@@H](O)[C@H](O)[C@H]5O)[C@H]4O)[C@H](O)C[C@]4(C)C(=CC[C@@H]5[C@@]6(C)CC[C@H](O[C@@H]7O[C@H](CO[C@@H]8OC[C@H](O)[C@H](O)[C@H]8O[C@@H]8OC[C@@H](O)[C@H](O)[C@H]8O)[C@@H](O)[C@H](O)[C@H]7O)C(C)(C)[C@@H]6CC[C@]54C)[C@@H]3CC2(C)C)O[C@H](C)[C@@H](O)[C@@H]1O)O[C@@H]1O[C@H](C)[C@@H](O)[C@H](O)[C@H]1O. The van der Waals surface area contributed by atoms with Gasteiger partial charge in [0, 0.05) is 17.4 Å². The predicted octanol–water partition coefficient (Wildman–Crippen LogP) is -6.57. The van der Waals surface area contributed by atoms with Crippen molar-refractivity contribution in [1.82, 2.24) is 0 Å². The van der Waals surface area contributed by atoms with Gasteiger partial charge < -0.3 is 228 Å². The molecule has 49 nitrogen and oxygen atoms in total. The van der Waals surface area contributed by atoms with E-state index in [1.807, 2.05) is 20.8 Å². The Hall–Kier alpha value is -4.61. The molecule has 26 N–H and O–H groups in total. The van der Waals surface area contributed by atoms with Crippen LogP contribution in [0.15, 0.2) is 60.3 Å². The Bertz CT molecular complexity index is 4630. The second-order valence-electron chi connectivity index (χ2n) is 45.7. The van der Waals surface area contributed by atoms with Crippen LogP contribution < -0.4 is 0 Å². The van der Waals surface area contributed by atoms with E-state index in [4.69, 9.17) is 94.7 Å². The largest absolute Gasteiger partial charge is 0.458 e. The molecule has 0 unspecified atom stereocenters. The zero-order valence-electron chi connectivity index (χ0n) is 86.5. The smallest absolute Gasteiger partial charge is 0.336 e. The number of allylic oxidation sites excluding steroid dienone is 4. The third kappa shape index (κ3) is 23.3. The van der Waals surface area contributed by atoms with E-state index in [1.165, 1.54) is 52.0 Å². The summed E-state index contributed by atoms with van der Waals surface area (Å²) in [7, 11) is 0. The van der Waals surface area contributed by atoms with E-state index in [2.05, 4.69) is 33.1 Å². The molecule has 0 radical (unpaired) electrons. The minimum atomic E-state index is -2.30. The quantitative estimate of drug-likeness (QED) is 0.00922. The highest BCUT2D eigenvalue weighted by Crippen LogP contribution is 2.77. The Morgan fingerprint density at radius 1 is 0.427 bits per heavy atom. The van der Waals surface area contributed by atoms with E-state index in [0.717, 1.165) is 0 Å². The van der Waals surface area contributed by atoms with Crippen LogP contribution in [0.5, 0.6) is 0 Å². The lowest BCUT2D eigenvalue weighted by Gasteiger charge is -2.72. The van der Waals surface area contributed by atoms with Gasteiger partial charge in [0.1, 0.15) is 182 Å². The molecule has 49 heteroatoms. The van der Waals surface area contributed by atoms with E-state index in [9.17, 15) is 138 Å². The fourth-order valence-electron chi connectivity index (χ4n) is 25.4. The third-order valence-corrected chi connectivity index (χ3v) is 35.3. The van der Waals surface area contributed by atoms with Gasteiger partial charge in [0.25, 0.3) is 0 Å². The molecule has 0 aromatic heterocycles. The molecule has 5 aliphatic carbocycles. The second kappa shape index (κ2) is 47.7. The molecule has 150 heavy (non-hydrogen) atoms. The van der Waals surface area contributed by atoms with E-state index in [0.29, 0.717) is 37.7 Å². The normalized spacial score (nSPS) is 49.2. The van der Waals surface area contributed by atoms with E-state index in [1.54, 1.807) is 27.7 Å². The molecule has 13 fully saturated rings. The van der Waals surface area contributed by atoms with Crippen LogP contribution in [0, 0.1) is 50.2 Å². The maximum atomic E-state index is 16.9. The lowest BCUT2D eigenvalue weighted by molar-refractivity contribution is -0.390. The summed E-state index contributed by atoms with van der Waals surface area (Å²) in [6.07, 6.45) is -68.1. The first-order chi connectivity index (χ1) is 70.3. The van der Waals surface area contributed by atoms with Crippen molar-refractivity contribution in [2.45, 2.75) is 455 Å². The minimum absolute atomic E-state index is 0.0333. The van der Waals surface area contributed by atoms with Crippen molar-refractivity contribution in [3.05, 3.63) is 60.3 Å². The number of rotatable bonds is 35. The average Bonchev–Trinajstić information content (AvgIpc) is 0.699. The Kier molecular flexibility index (Phi) is 38.4. The highest BCUT2D eigenvalue weighted by molar-refractivity contribution is 5.89. The van der Waals surface area contributed by atoms with Gasteiger partial charge >= 0.3 is 17.9 Å². The molecule has 9 aliphatic heterocycles. The van der Waals surface area contributed by atoms with Gasteiger partial charge in [-0.15, -0.1) is 13.2 Å². The molecule has 0 spiro atoms. The van der Waals surface area contributed by atoms with Crippen LogP contribution in [0.4, 0.5) is 0 Å². The number of fused-ring (bicyclic) bond motifs is 7. The van der Waals surface area contributed by atoms with Crippen molar-refractivity contribution in [2.75, 3.05) is 46.2 Å². The van der Waals surface area contributed by atoms with Crippen molar-refractivity contribution in [2.24, 2.45) is 50.2 Å². The number of aliphatic hydroxyl groups is 26. The summed E-state index contributed by atoms with van der Waals surface area (Å²) in [5, 5.41) is 290. The molecule has 0 bridgehead atoms. The van der Waals surface area contributed by atoms with Gasteiger partial charge in [-0.05, 0) is 152 Å². The van der Waals surface area contributed by atoms with E-state index < -0.39 is 397 Å². The van der Waals surface area contributed by atoms with Crippen LogP contribution >= 0.6 is 0 Å². The predicted molar refractivity (Wildman–Crippen MR) is 503 cm³/mol. The van der Waals surface area contributed by atoms with Crippen molar-refractivity contribution in [3.63, 3.8) is 0 Å². The van der Waals surface area contributed by atoms with Crippen LogP contribution in [0.2, 0.25) is 0 Å². The topological polar surface area (TPSA) is 762 Å². The van der Waals surface area contributed by atoms with Crippen LogP contribution in [-0.4, -0.2) is 484 Å². The summed E-state index contributed by atoms with van der Waals surface area (Å²) in [6, 6.07) is 0. The first-order valence-corrected chi connectivity index (χ1v) is 51.8. The highest BCUT2D eigenvalue weighted by atomic mass is 16.8. The highest BCUT2D eigenvalue weighted by Gasteiger charge is 2.75. The standard InChI is InChI=1S/C101H160O49/c1-16-96(11,149-89-75(126)66(117)58(109)41(4)134-89)26-18-20-40(3)82(128)143-81-69(120)59(110)42(5)135-92(81)150-97(12,17-2)27-19-21-44(33-102)83(129)141-57-32-101(93(130)148-91-80(70(121)63(114)50(35-104)139-91)147-88-76(127)78(145-87-74(125)67(118)62(113)49(34-103)137-87)77(43(6)136-88)144-86-72(123)64(115)51(36-105)138-86)46(30-94(57,7)8)45-22-23-54-98(13)28-25-56(95(9,10)53(98)24-29-99(54,14)100(45,15)31-55(101)108)142-85-73(124)68(119)65(116)52(140-85)39-133-90-79(61(112)48(107)38-132-90)146-84-71(122)60(111)47(106)37-131-84/h16-17,20-22,41-43,46-81,84-92,102-127H,1-2,18-19,23-39H2,3-15H3/b40-20+,44-21+/t41-,42-,43+,46+,47-,48+,49-,50-,51+,52-,53+,54-,55-,56+,57+,58-,59-,60+,61+,62-,63-,64+,65-,66+,67+,68+,69+,70+,71-,72-,73-,74-,75-,76-,77+,78+,79-,80-,81-,84+,85+,86+,87+,88+,89+,90+,91+,92+,96+,97-,98+,99-,100-,101-/m1/s1. The number of ether oxygens (including phenoxy) is 20. The lowest BCUT2D eigenvalue weighted by Crippen LogP contribution is -2.70. The zero-order valence-corrected chi connectivity index (χ0v) is 86.5. The van der Waals surface area contributed by atoms with Crippen LogP contribution in [0.3, 0.4) is 0 Å². The molecule has 9 heterocycles. The zero-order chi connectivity index (χ0) is 110. The van der Waals surface area contributed by atoms with E-state index in [-0.39, 0.29) is 61.5 Å². The Morgan fingerprint density at radius 3 is 1.49 bits per heavy atom. The van der Waals surface area contributed by atoms with Gasteiger partial charge in [0.2, 0.25) is 6.29 Å². The monoisotopic (exact) mass is 2160 g/mol. The van der Waals surface area contributed by atoms with Crippen LogP contribution in [-0.2, 0) is 109 Å². The first-order valence-electron chi connectivity index (χ1n) is 51.8. The number of esters is 3. The number of carbonyl (C=O) groups excluding carboxylic acids is 3. The molecule has 9 saturated heterocycles. The summed E-state index contributed by atoms with van der Waals surface area (Å²) >= 11 is 0. The van der Waals surface area contributed by atoms with Crippen LogP contribution in [0.1, 0.15) is 167 Å². The van der Waals surface area contributed by atoms with Crippen molar-refractivity contribution in [1.29, 1.82) is 0 Å². The van der Waals surface area contributed by atoms with E-state index >= 15 is 9.59 Å². The maximum Gasteiger partial charge on any atom is 0.336 e. The number of hydrogen-bond acceptors (Lipinski definition) is 49. The Labute approximate surface area is 867 Å². The molecule has 858 valence electrons. The molecule has 4 saturated carbocycles. The summed E-state index contributed by atoms with van der Waals surface area (Å²) in [5.41, 5.74) is -8.94. The summed E-state index contributed by atoms with van der Waals surface area (Å²) in [6.45, 7) is 25.4. The third-order valence-electron chi connectivity index (χ3n) is 35.3.